The highest BCUT2D eigenvalue weighted by Gasteiger charge is 2.18. The van der Waals surface area contributed by atoms with Crippen molar-refractivity contribution in [1.82, 2.24) is 10.9 Å². The van der Waals surface area contributed by atoms with Crippen molar-refractivity contribution in [3.63, 3.8) is 0 Å². The Bertz CT molecular complexity index is 784. The summed E-state index contributed by atoms with van der Waals surface area (Å²) in [4.78, 5) is 36.6. The number of hydrogen-bond acceptors (Lipinski definition) is 5. The molecule has 6 nitrogen and oxygen atoms in total. The number of ether oxygens (including phenoxy) is 1. The van der Waals surface area contributed by atoms with E-state index in [-0.39, 0.29) is 6.42 Å². The van der Waals surface area contributed by atoms with Crippen molar-refractivity contribution in [2.45, 2.75) is 24.3 Å². The number of nitrogens with one attached hydrogen (secondary N) is 2. The van der Waals surface area contributed by atoms with Crippen LogP contribution in [-0.2, 0) is 14.3 Å². The van der Waals surface area contributed by atoms with Crippen molar-refractivity contribution in [3.05, 3.63) is 65.2 Å². The van der Waals surface area contributed by atoms with Crippen LogP contribution in [0.4, 0.5) is 0 Å². The molecule has 2 rings (SSSR count). The summed E-state index contributed by atoms with van der Waals surface area (Å²) >= 11 is 7.30. The molecule has 0 heterocycles. The van der Waals surface area contributed by atoms with Gasteiger partial charge in [-0.3, -0.25) is 25.2 Å². The molecule has 0 saturated heterocycles. The lowest BCUT2D eigenvalue weighted by molar-refractivity contribution is -0.154. The fourth-order valence-corrected chi connectivity index (χ4v) is 2.93. The van der Waals surface area contributed by atoms with Crippen molar-refractivity contribution in [2.75, 3.05) is 5.75 Å². The lowest BCUT2D eigenvalue weighted by Gasteiger charge is -2.14. The number of esters is 1. The second-order valence-electron chi connectivity index (χ2n) is 5.49. The molecule has 0 radical (unpaired) electrons. The van der Waals surface area contributed by atoms with Crippen molar-refractivity contribution in [1.29, 1.82) is 0 Å². The summed E-state index contributed by atoms with van der Waals surface area (Å²) in [5, 5.41) is 0.651. The molecule has 2 N–H and O–H groups in total. The molecule has 0 aliphatic carbocycles. The summed E-state index contributed by atoms with van der Waals surface area (Å²) in [7, 11) is 0. The van der Waals surface area contributed by atoms with Crippen LogP contribution in [0.25, 0.3) is 0 Å². The number of amides is 2. The second kappa shape index (κ2) is 10.6. The van der Waals surface area contributed by atoms with Crippen molar-refractivity contribution < 1.29 is 19.1 Å². The zero-order valence-corrected chi connectivity index (χ0v) is 16.2. The number of hydrazine groups is 1. The van der Waals surface area contributed by atoms with Gasteiger partial charge in [-0.15, -0.1) is 11.8 Å². The van der Waals surface area contributed by atoms with Crippen LogP contribution in [0.2, 0.25) is 5.02 Å². The first-order valence-corrected chi connectivity index (χ1v) is 9.55. The van der Waals surface area contributed by atoms with Gasteiger partial charge in [-0.2, -0.15) is 0 Å². The number of carbonyl (C=O) groups excluding carboxylic acids is 3. The third kappa shape index (κ3) is 7.32. The molecule has 142 valence electrons. The van der Waals surface area contributed by atoms with Gasteiger partial charge >= 0.3 is 5.97 Å². The van der Waals surface area contributed by atoms with E-state index in [9.17, 15) is 14.4 Å². The average molecular weight is 407 g/mol. The Morgan fingerprint density at radius 3 is 2.37 bits per heavy atom. The quantitative estimate of drug-likeness (QED) is 0.419. The molecule has 0 aliphatic rings. The smallest absolute Gasteiger partial charge is 0.307 e. The molecule has 0 unspecified atom stereocenters. The monoisotopic (exact) mass is 406 g/mol. The third-order valence-corrected chi connectivity index (χ3v) is 4.67. The molecule has 0 aliphatic heterocycles. The van der Waals surface area contributed by atoms with E-state index >= 15 is 0 Å². The largest absolute Gasteiger partial charge is 0.452 e. The van der Waals surface area contributed by atoms with E-state index in [1.807, 2.05) is 12.1 Å². The van der Waals surface area contributed by atoms with Gasteiger partial charge in [-0.1, -0.05) is 29.8 Å². The maximum absolute atomic E-state index is 11.9. The maximum atomic E-state index is 11.9. The first-order chi connectivity index (χ1) is 13.0. The van der Waals surface area contributed by atoms with Crippen LogP contribution in [0.15, 0.2) is 59.5 Å². The highest BCUT2D eigenvalue weighted by Crippen LogP contribution is 2.21. The molecular weight excluding hydrogens is 388 g/mol. The topological polar surface area (TPSA) is 84.5 Å². The molecule has 8 heteroatoms. The van der Waals surface area contributed by atoms with Gasteiger partial charge in [0.05, 0.1) is 6.42 Å². The zero-order valence-electron chi connectivity index (χ0n) is 14.6. The van der Waals surface area contributed by atoms with E-state index in [2.05, 4.69) is 10.9 Å². The first kappa shape index (κ1) is 20.8. The van der Waals surface area contributed by atoms with E-state index in [0.717, 1.165) is 4.90 Å². The van der Waals surface area contributed by atoms with E-state index < -0.39 is 23.9 Å². The van der Waals surface area contributed by atoms with Gasteiger partial charge in [-0.25, -0.2) is 0 Å². The molecular formula is C19H19ClN2O4S. The molecule has 2 aromatic carbocycles. The standard InChI is InChI=1S/C19H19ClN2O4S/c1-13(18(24)21-22-19(25)14-5-3-2-4-6-14)26-17(23)11-12-27-16-9-7-15(20)8-10-16/h2-10,13H,11-12H2,1H3,(H,21,24)(H,22,25)/t13-/m0/s1. The Kier molecular flexibility index (Phi) is 8.16. The summed E-state index contributed by atoms with van der Waals surface area (Å²) in [6.07, 6.45) is -0.865. The number of halogens is 1. The van der Waals surface area contributed by atoms with Gasteiger partial charge < -0.3 is 4.74 Å². The fraction of sp³-hybridized carbons (Fsp3) is 0.211. The number of hydrogen-bond donors (Lipinski definition) is 2. The molecule has 0 bridgehead atoms. The molecule has 2 amide bonds. The van der Waals surface area contributed by atoms with Gasteiger partial charge in [-0.05, 0) is 43.3 Å². The number of thioether (sulfide) groups is 1. The number of benzene rings is 2. The Balaban J connectivity index is 1.67. The van der Waals surface area contributed by atoms with E-state index in [1.54, 1.807) is 42.5 Å². The van der Waals surface area contributed by atoms with Crippen molar-refractivity contribution in [3.8, 4) is 0 Å². The van der Waals surface area contributed by atoms with Gasteiger partial charge in [0.2, 0.25) is 0 Å². The minimum Gasteiger partial charge on any atom is -0.452 e. The Hall–Kier alpha value is -2.51. The van der Waals surface area contributed by atoms with Gasteiger partial charge in [0, 0.05) is 21.2 Å². The van der Waals surface area contributed by atoms with Crippen LogP contribution in [0.3, 0.4) is 0 Å². The van der Waals surface area contributed by atoms with E-state index in [0.29, 0.717) is 16.3 Å². The molecule has 2 aromatic rings. The van der Waals surface area contributed by atoms with Crippen LogP contribution in [0.1, 0.15) is 23.7 Å². The lowest BCUT2D eigenvalue weighted by Crippen LogP contribution is -2.46. The predicted octanol–water partition coefficient (Wildman–Crippen LogP) is 3.22. The molecule has 0 spiro atoms. The van der Waals surface area contributed by atoms with Crippen LogP contribution in [0.5, 0.6) is 0 Å². The molecule has 0 fully saturated rings. The van der Waals surface area contributed by atoms with E-state index in [4.69, 9.17) is 16.3 Å². The van der Waals surface area contributed by atoms with Crippen LogP contribution >= 0.6 is 23.4 Å². The average Bonchev–Trinajstić information content (AvgIpc) is 2.68. The minimum absolute atomic E-state index is 0.154. The summed E-state index contributed by atoms with van der Waals surface area (Å²) in [6.45, 7) is 1.44. The Morgan fingerprint density at radius 2 is 1.70 bits per heavy atom. The summed E-state index contributed by atoms with van der Waals surface area (Å²) in [5.74, 6) is -1.05. The van der Waals surface area contributed by atoms with Gasteiger partial charge in [0.1, 0.15) is 0 Å². The van der Waals surface area contributed by atoms with Gasteiger partial charge in [0.25, 0.3) is 11.8 Å². The number of rotatable bonds is 7. The van der Waals surface area contributed by atoms with Crippen LogP contribution in [0, 0.1) is 0 Å². The normalized spacial score (nSPS) is 11.3. The predicted molar refractivity (Wildman–Crippen MR) is 104 cm³/mol. The Morgan fingerprint density at radius 1 is 1.04 bits per heavy atom. The molecule has 0 saturated carbocycles. The summed E-state index contributed by atoms with van der Waals surface area (Å²) in [5.41, 5.74) is 4.92. The van der Waals surface area contributed by atoms with Crippen LogP contribution in [-0.4, -0.2) is 29.6 Å². The summed E-state index contributed by atoms with van der Waals surface area (Å²) < 4.78 is 5.07. The van der Waals surface area contributed by atoms with Crippen molar-refractivity contribution in [2.24, 2.45) is 0 Å². The number of carbonyl (C=O) groups is 3. The molecule has 1 atom stereocenters. The zero-order chi connectivity index (χ0) is 19.6. The highest BCUT2D eigenvalue weighted by atomic mass is 35.5. The van der Waals surface area contributed by atoms with Crippen molar-refractivity contribution >= 4 is 41.1 Å². The lowest BCUT2D eigenvalue weighted by atomic mass is 10.2. The first-order valence-electron chi connectivity index (χ1n) is 8.19. The Labute approximate surface area is 166 Å². The van der Waals surface area contributed by atoms with Gasteiger partial charge in [0.15, 0.2) is 6.10 Å². The fourth-order valence-electron chi connectivity index (χ4n) is 1.97. The summed E-state index contributed by atoms with van der Waals surface area (Å²) in [6, 6.07) is 15.7. The molecule has 27 heavy (non-hydrogen) atoms. The molecule has 0 aromatic heterocycles. The second-order valence-corrected chi connectivity index (χ2v) is 7.10. The minimum atomic E-state index is -1.02. The van der Waals surface area contributed by atoms with E-state index in [1.165, 1.54) is 18.7 Å². The third-order valence-electron chi connectivity index (χ3n) is 3.40. The van der Waals surface area contributed by atoms with Crippen LogP contribution < -0.4 is 10.9 Å². The SMILES string of the molecule is C[C@H](OC(=O)CCSc1ccc(Cl)cc1)C(=O)NNC(=O)c1ccccc1. The maximum Gasteiger partial charge on any atom is 0.307 e. The highest BCUT2D eigenvalue weighted by molar-refractivity contribution is 7.99.